The lowest BCUT2D eigenvalue weighted by Crippen LogP contribution is -2.43. The van der Waals surface area contributed by atoms with Crippen molar-refractivity contribution in [2.24, 2.45) is 0 Å². The monoisotopic (exact) mass is 265 g/mol. The Balaban J connectivity index is 2.77. The summed E-state index contributed by atoms with van der Waals surface area (Å²) in [6, 6.07) is 8.15. The molecule has 0 saturated heterocycles. The average molecular weight is 265 g/mol. The molecule has 4 nitrogen and oxygen atoms in total. The molecular weight excluding hydrogens is 249 g/mol. The lowest BCUT2D eigenvalue weighted by Gasteiger charge is -2.16. The van der Waals surface area contributed by atoms with Crippen LogP contribution in [-0.4, -0.2) is 24.5 Å². The minimum absolute atomic E-state index is 0.191. The van der Waals surface area contributed by atoms with Crippen LogP contribution in [0.3, 0.4) is 0 Å². The van der Waals surface area contributed by atoms with Gasteiger partial charge in [0.2, 0.25) is 0 Å². The molecule has 0 unspecified atom stereocenters. The molecule has 1 N–H and O–H groups in total. The molecule has 0 fully saturated rings. The molecule has 0 radical (unpaired) electrons. The molecular formula is C14H16FNO3. The fourth-order valence-electron chi connectivity index (χ4n) is 1.52. The summed E-state index contributed by atoms with van der Waals surface area (Å²) in [5.74, 6) is -2.74. The third kappa shape index (κ3) is 4.91. The zero-order chi connectivity index (χ0) is 14.3. The van der Waals surface area contributed by atoms with E-state index in [1.54, 1.807) is 6.92 Å². The van der Waals surface area contributed by atoms with Crippen LogP contribution >= 0.6 is 0 Å². The maximum absolute atomic E-state index is 12.7. The summed E-state index contributed by atoms with van der Waals surface area (Å²) in [5.41, 5.74) is 0.838. The number of benzene rings is 1. The predicted molar refractivity (Wildman–Crippen MR) is 69.0 cm³/mol. The highest BCUT2D eigenvalue weighted by molar-refractivity contribution is 5.93. The summed E-state index contributed by atoms with van der Waals surface area (Å²) >= 11 is 0. The summed E-state index contributed by atoms with van der Waals surface area (Å²) < 4.78 is 17.5. The first-order valence-corrected chi connectivity index (χ1v) is 5.90. The van der Waals surface area contributed by atoms with E-state index in [0.717, 1.165) is 5.56 Å². The van der Waals surface area contributed by atoms with Gasteiger partial charge in [-0.15, -0.1) is 0 Å². The Morgan fingerprint density at radius 3 is 2.53 bits per heavy atom. The second-order valence-electron chi connectivity index (χ2n) is 3.87. The highest BCUT2D eigenvalue weighted by atomic mass is 19.1. The first kappa shape index (κ1) is 14.9. The average Bonchev–Trinajstić information content (AvgIpc) is 2.39. The Bertz CT molecular complexity index is 459. The Labute approximate surface area is 111 Å². The van der Waals surface area contributed by atoms with E-state index in [4.69, 9.17) is 4.74 Å². The number of ether oxygens (including phenoxy) is 1. The Morgan fingerprint density at radius 1 is 1.37 bits per heavy atom. The summed E-state index contributed by atoms with van der Waals surface area (Å²) in [7, 11) is 0. The molecule has 0 aromatic heterocycles. The van der Waals surface area contributed by atoms with Crippen molar-refractivity contribution < 1.29 is 18.7 Å². The molecule has 19 heavy (non-hydrogen) atoms. The standard InChI is InChI=1S/C14H16FNO3/c1-3-19-14(18)12(16-13(17)10(2)15)9-11-7-5-4-6-8-11/h4-8,12H,2-3,9H2,1H3,(H,16,17)/t12-/m0/s1. The van der Waals surface area contributed by atoms with Crippen LogP contribution in [-0.2, 0) is 20.7 Å². The van der Waals surface area contributed by atoms with Crippen molar-refractivity contribution in [3.8, 4) is 0 Å². The number of carbonyl (C=O) groups excluding carboxylic acids is 2. The van der Waals surface area contributed by atoms with Crippen molar-refractivity contribution in [1.29, 1.82) is 0 Å². The van der Waals surface area contributed by atoms with Crippen LogP contribution in [0.25, 0.3) is 0 Å². The summed E-state index contributed by atoms with van der Waals surface area (Å²) in [6.07, 6.45) is 0.235. The van der Waals surface area contributed by atoms with Gasteiger partial charge in [-0.3, -0.25) is 4.79 Å². The largest absolute Gasteiger partial charge is 0.464 e. The van der Waals surface area contributed by atoms with Gasteiger partial charge < -0.3 is 10.1 Å². The van der Waals surface area contributed by atoms with Gasteiger partial charge in [0, 0.05) is 6.42 Å². The van der Waals surface area contributed by atoms with Crippen molar-refractivity contribution in [2.45, 2.75) is 19.4 Å². The Kier molecular flexibility index (Phi) is 5.73. The number of amides is 1. The third-order valence-corrected chi connectivity index (χ3v) is 2.41. The van der Waals surface area contributed by atoms with Gasteiger partial charge in [0.1, 0.15) is 6.04 Å². The van der Waals surface area contributed by atoms with E-state index in [2.05, 4.69) is 11.9 Å². The lowest BCUT2D eigenvalue weighted by molar-refractivity contribution is -0.147. The number of rotatable bonds is 6. The quantitative estimate of drug-likeness (QED) is 0.630. The van der Waals surface area contributed by atoms with Gasteiger partial charge in [0.25, 0.3) is 5.91 Å². The van der Waals surface area contributed by atoms with E-state index in [1.807, 2.05) is 30.3 Å². The normalized spacial score (nSPS) is 11.5. The maximum Gasteiger partial charge on any atom is 0.328 e. The number of nitrogens with one attached hydrogen (secondary N) is 1. The van der Waals surface area contributed by atoms with Crippen LogP contribution in [0.1, 0.15) is 12.5 Å². The molecule has 0 spiro atoms. The summed E-state index contributed by atoms with van der Waals surface area (Å²) in [5, 5.41) is 2.26. The molecule has 0 aliphatic carbocycles. The van der Waals surface area contributed by atoms with Crippen LogP contribution in [0.2, 0.25) is 0 Å². The molecule has 5 heteroatoms. The minimum atomic E-state index is -1.14. The van der Waals surface area contributed by atoms with Crippen molar-refractivity contribution in [3.63, 3.8) is 0 Å². The molecule has 0 bridgehead atoms. The summed E-state index contributed by atoms with van der Waals surface area (Å²) in [6.45, 7) is 4.74. The first-order chi connectivity index (χ1) is 9.04. The number of hydrogen-bond donors (Lipinski definition) is 1. The predicted octanol–water partition coefficient (Wildman–Crippen LogP) is 1.76. The molecule has 1 aromatic carbocycles. The zero-order valence-corrected chi connectivity index (χ0v) is 10.7. The molecule has 0 aliphatic rings. The minimum Gasteiger partial charge on any atom is -0.464 e. The van der Waals surface area contributed by atoms with Gasteiger partial charge >= 0.3 is 5.97 Å². The highest BCUT2D eigenvalue weighted by Gasteiger charge is 2.23. The molecule has 1 rings (SSSR count). The van der Waals surface area contributed by atoms with Gasteiger partial charge in [-0.1, -0.05) is 36.9 Å². The van der Waals surface area contributed by atoms with E-state index in [9.17, 15) is 14.0 Å². The zero-order valence-electron chi connectivity index (χ0n) is 10.7. The van der Waals surface area contributed by atoms with E-state index in [1.165, 1.54) is 0 Å². The first-order valence-electron chi connectivity index (χ1n) is 5.90. The molecule has 0 saturated carbocycles. The second kappa shape index (κ2) is 7.31. The third-order valence-electron chi connectivity index (χ3n) is 2.41. The van der Waals surface area contributed by atoms with Crippen molar-refractivity contribution in [2.75, 3.05) is 6.61 Å². The Morgan fingerprint density at radius 2 is 2.00 bits per heavy atom. The van der Waals surface area contributed by atoms with Crippen molar-refractivity contribution in [1.82, 2.24) is 5.32 Å². The fraction of sp³-hybridized carbons (Fsp3) is 0.286. The number of esters is 1. The van der Waals surface area contributed by atoms with E-state index >= 15 is 0 Å². The fourth-order valence-corrected chi connectivity index (χ4v) is 1.52. The lowest BCUT2D eigenvalue weighted by atomic mass is 10.1. The molecule has 1 atom stereocenters. The van der Waals surface area contributed by atoms with Gasteiger partial charge in [-0.05, 0) is 12.5 Å². The maximum atomic E-state index is 12.7. The van der Waals surface area contributed by atoms with Crippen molar-refractivity contribution in [3.05, 3.63) is 48.3 Å². The van der Waals surface area contributed by atoms with E-state index < -0.39 is 23.7 Å². The van der Waals surface area contributed by atoms with E-state index in [-0.39, 0.29) is 13.0 Å². The number of hydrogen-bond acceptors (Lipinski definition) is 3. The van der Waals surface area contributed by atoms with Crippen LogP contribution < -0.4 is 5.32 Å². The molecule has 0 aliphatic heterocycles. The molecule has 1 amide bonds. The van der Waals surface area contributed by atoms with E-state index in [0.29, 0.717) is 0 Å². The van der Waals surface area contributed by atoms with Gasteiger partial charge in [-0.25, -0.2) is 9.18 Å². The van der Waals surface area contributed by atoms with Gasteiger partial charge in [-0.2, -0.15) is 0 Å². The van der Waals surface area contributed by atoms with Crippen LogP contribution in [0.5, 0.6) is 0 Å². The Hall–Kier alpha value is -2.17. The topological polar surface area (TPSA) is 55.4 Å². The van der Waals surface area contributed by atoms with Crippen LogP contribution in [0, 0.1) is 0 Å². The van der Waals surface area contributed by atoms with Crippen LogP contribution in [0.15, 0.2) is 42.7 Å². The molecule has 0 heterocycles. The number of halogens is 1. The molecule has 102 valence electrons. The highest BCUT2D eigenvalue weighted by Crippen LogP contribution is 2.06. The number of carbonyl (C=O) groups is 2. The van der Waals surface area contributed by atoms with Crippen LogP contribution in [0.4, 0.5) is 4.39 Å². The van der Waals surface area contributed by atoms with Gasteiger partial charge in [0.15, 0.2) is 5.83 Å². The SMILES string of the molecule is C=C(F)C(=O)N[C@@H](Cc1ccccc1)C(=O)OCC. The second-order valence-corrected chi connectivity index (χ2v) is 3.87. The van der Waals surface area contributed by atoms with Crippen molar-refractivity contribution >= 4 is 11.9 Å². The van der Waals surface area contributed by atoms with Gasteiger partial charge in [0.05, 0.1) is 6.61 Å². The molecule has 1 aromatic rings. The smallest absolute Gasteiger partial charge is 0.328 e. The summed E-state index contributed by atoms with van der Waals surface area (Å²) in [4.78, 5) is 23.0.